The summed E-state index contributed by atoms with van der Waals surface area (Å²) in [4.78, 5) is 12.5. The Morgan fingerprint density at radius 2 is 2.11 bits per heavy atom. The number of thiophene rings is 1. The quantitative estimate of drug-likeness (QED) is 0.874. The Balaban J connectivity index is 3.00. The molecule has 0 saturated heterocycles. The highest BCUT2D eigenvalue weighted by Crippen LogP contribution is 2.33. The van der Waals surface area contributed by atoms with Crippen LogP contribution < -0.4 is 0 Å². The number of carboxylic acid groups (broad SMARTS) is 1. The molecule has 1 N–H and O–H groups in total. The van der Waals surface area contributed by atoms with E-state index in [4.69, 9.17) is 5.11 Å². The fourth-order valence-electron chi connectivity index (χ4n) is 2.05. The zero-order chi connectivity index (χ0) is 14.6. The van der Waals surface area contributed by atoms with Gasteiger partial charge >= 0.3 is 12.1 Å². The molecule has 1 aromatic heterocycles. The third kappa shape index (κ3) is 5.20. The van der Waals surface area contributed by atoms with Gasteiger partial charge in [-0.05, 0) is 17.4 Å². The Hall–Kier alpha value is -1.08. The molecule has 0 aromatic carbocycles. The number of carbonyl (C=O) groups is 1. The summed E-state index contributed by atoms with van der Waals surface area (Å²) in [5.41, 5.74) is 0. The lowest BCUT2D eigenvalue weighted by molar-refractivity contribution is -0.160. The van der Waals surface area contributed by atoms with Crippen molar-refractivity contribution in [3.05, 3.63) is 22.4 Å². The van der Waals surface area contributed by atoms with Crippen molar-refractivity contribution >= 4 is 17.3 Å². The Morgan fingerprint density at radius 3 is 2.47 bits per heavy atom. The first-order valence-corrected chi connectivity index (χ1v) is 6.64. The maximum Gasteiger partial charge on any atom is 0.401 e. The second-order valence-electron chi connectivity index (χ2n) is 4.62. The van der Waals surface area contributed by atoms with E-state index in [2.05, 4.69) is 0 Å². The van der Waals surface area contributed by atoms with Crippen LogP contribution in [0.4, 0.5) is 13.2 Å². The van der Waals surface area contributed by atoms with Gasteiger partial charge in [-0.15, -0.1) is 11.3 Å². The summed E-state index contributed by atoms with van der Waals surface area (Å²) >= 11 is 1.34. The Bertz CT molecular complexity index is 404. The van der Waals surface area contributed by atoms with Crippen molar-refractivity contribution in [2.24, 2.45) is 5.92 Å². The molecular formula is C12H16F3NO2S. The van der Waals surface area contributed by atoms with Crippen LogP contribution in [0.15, 0.2) is 17.5 Å². The highest BCUT2D eigenvalue weighted by Gasteiger charge is 2.36. The van der Waals surface area contributed by atoms with Gasteiger partial charge in [-0.25, -0.2) is 0 Å². The molecule has 1 aromatic rings. The minimum atomic E-state index is -4.42. The summed E-state index contributed by atoms with van der Waals surface area (Å²) < 4.78 is 37.8. The van der Waals surface area contributed by atoms with E-state index in [9.17, 15) is 18.0 Å². The fourth-order valence-corrected chi connectivity index (χ4v) is 3.08. The summed E-state index contributed by atoms with van der Waals surface area (Å²) in [6, 6.07) is 2.94. The number of alkyl halides is 3. The average molecular weight is 295 g/mol. The molecule has 1 atom stereocenters. The van der Waals surface area contributed by atoms with Gasteiger partial charge in [0.15, 0.2) is 0 Å². The Morgan fingerprint density at radius 1 is 1.47 bits per heavy atom. The number of hydrogen-bond donors (Lipinski definition) is 1. The molecule has 0 fully saturated rings. The van der Waals surface area contributed by atoms with Crippen molar-refractivity contribution < 1.29 is 23.1 Å². The van der Waals surface area contributed by atoms with Crippen molar-refractivity contribution in [2.45, 2.75) is 26.1 Å². The monoisotopic (exact) mass is 295 g/mol. The summed E-state index contributed by atoms with van der Waals surface area (Å²) in [5, 5.41) is 10.6. The van der Waals surface area contributed by atoms with Gasteiger partial charge in [0.1, 0.15) is 0 Å². The van der Waals surface area contributed by atoms with Crippen LogP contribution >= 0.6 is 11.3 Å². The summed E-state index contributed by atoms with van der Waals surface area (Å²) in [5.74, 6) is -1.37. The first-order valence-electron chi connectivity index (χ1n) is 5.76. The van der Waals surface area contributed by atoms with E-state index in [0.29, 0.717) is 0 Å². The molecule has 7 heteroatoms. The van der Waals surface area contributed by atoms with Crippen LogP contribution in [0.2, 0.25) is 0 Å². The van der Waals surface area contributed by atoms with Crippen LogP contribution in [0, 0.1) is 5.92 Å². The van der Waals surface area contributed by atoms with Crippen LogP contribution in [0.3, 0.4) is 0 Å². The summed E-state index contributed by atoms with van der Waals surface area (Å²) in [7, 11) is 0. The van der Waals surface area contributed by atoms with Gasteiger partial charge < -0.3 is 5.11 Å². The molecule has 0 aliphatic heterocycles. The molecule has 3 nitrogen and oxygen atoms in total. The van der Waals surface area contributed by atoms with Crippen LogP contribution in [-0.4, -0.2) is 35.2 Å². The lowest BCUT2D eigenvalue weighted by Crippen LogP contribution is -2.41. The number of rotatable bonds is 6. The number of hydrogen-bond acceptors (Lipinski definition) is 3. The molecule has 0 aliphatic carbocycles. The highest BCUT2D eigenvalue weighted by atomic mass is 32.1. The SMILES string of the molecule is CC(C)C(c1cccs1)N(CC(=O)O)CC(F)(F)F. The third-order valence-corrected chi connectivity index (χ3v) is 3.52. The maximum absolute atomic E-state index is 12.6. The van der Waals surface area contributed by atoms with Gasteiger partial charge in [-0.3, -0.25) is 9.69 Å². The second-order valence-corrected chi connectivity index (χ2v) is 5.60. The first-order chi connectivity index (χ1) is 8.70. The Kier molecular flexibility index (Phi) is 5.37. The lowest BCUT2D eigenvalue weighted by atomic mass is 10.0. The maximum atomic E-state index is 12.6. The molecule has 0 spiro atoms. The van der Waals surface area contributed by atoms with Gasteiger partial charge in [0, 0.05) is 10.9 Å². The van der Waals surface area contributed by atoms with Gasteiger partial charge in [-0.2, -0.15) is 13.2 Å². The number of carboxylic acids is 1. The minimum absolute atomic E-state index is 0.111. The largest absolute Gasteiger partial charge is 0.480 e. The van der Waals surface area contributed by atoms with Crippen molar-refractivity contribution in [3.63, 3.8) is 0 Å². The van der Waals surface area contributed by atoms with Crippen molar-refractivity contribution in [3.8, 4) is 0 Å². The third-order valence-electron chi connectivity index (χ3n) is 2.58. The smallest absolute Gasteiger partial charge is 0.401 e. The molecule has 108 valence electrons. The zero-order valence-electron chi connectivity index (χ0n) is 10.6. The van der Waals surface area contributed by atoms with E-state index in [0.717, 1.165) is 9.78 Å². The fraction of sp³-hybridized carbons (Fsp3) is 0.583. The summed E-state index contributed by atoms with van der Waals surface area (Å²) in [6.07, 6.45) is -4.42. The molecule has 19 heavy (non-hydrogen) atoms. The van der Waals surface area contributed by atoms with Crippen molar-refractivity contribution in [2.75, 3.05) is 13.1 Å². The molecular weight excluding hydrogens is 279 g/mol. The molecule has 0 bridgehead atoms. The van der Waals surface area contributed by atoms with Crippen LogP contribution in [0.5, 0.6) is 0 Å². The minimum Gasteiger partial charge on any atom is -0.480 e. The summed E-state index contributed by atoms with van der Waals surface area (Å²) in [6.45, 7) is 1.73. The molecule has 1 unspecified atom stereocenters. The molecule has 0 amide bonds. The van der Waals surface area contributed by atoms with E-state index >= 15 is 0 Å². The topological polar surface area (TPSA) is 40.5 Å². The van der Waals surface area contributed by atoms with Crippen molar-refractivity contribution in [1.82, 2.24) is 4.90 Å². The molecule has 0 radical (unpaired) electrons. The van der Waals surface area contributed by atoms with Gasteiger partial charge in [0.05, 0.1) is 13.1 Å². The van der Waals surface area contributed by atoms with E-state index in [1.165, 1.54) is 11.3 Å². The van der Waals surface area contributed by atoms with Crippen LogP contribution in [0.25, 0.3) is 0 Å². The van der Waals surface area contributed by atoms with Gasteiger partial charge in [-0.1, -0.05) is 19.9 Å². The van der Waals surface area contributed by atoms with E-state index < -0.39 is 31.3 Å². The molecule has 1 heterocycles. The van der Waals surface area contributed by atoms with Gasteiger partial charge in [0.25, 0.3) is 0 Å². The van der Waals surface area contributed by atoms with E-state index in [1.54, 1.807) is 31.4 Å². The molecule has 0 aliphatic rings. The Labute approximate surface area is 113 Å². The number of aliphatic carboxylic acids is 1. The average Bonchev–Trinajstić information content (AvgIpc) is 2.66. The number of halogens is 3. The van der Waals surface area contributed by atoms with Crippen LogP contribution in [-0.2, 0) is 4.79 Å². The van der Waals surface area contributed by atoms with E-state index in [-0.39, 0.29) is 5.92 Å². The lowest BCUT2D eigenvalue weighted by Gasteiger charge is -2.33. The predicted octanol–water partition coefficient (Wildman–Crippen LogP) is 3.39. The highest BCUT2D eigenvalue weighted by molar-refractivity contribution is 7.10. The standard InChI is InChI=1S/C12H16F3NO2S/c1-8(2)11(9-4-3-5-19-9)16(6-10(17)18)7-12(13,14)15/h3-5,8,11H,6-7H2,1-2H3,(H,17,18). The normalized spacial score (nSPS) is 14.1. The molecule has 0 saturated carbocycles. The molecule has 1 rings (SSSR count). The second kappa shape index (κ2) is 6.38. The zero-order valence-corrected chi connectivity index (χ0v) is 11.5. The van der Waals surface area contributed by atoms with Gasteiger partial charge in [0.2, 0.25) is 0 Å². The van der Waals surface area contributed by atoms with Crippen LogP contribution in [0.1, 0.15) is 24.8 Å². The number of nitrogens with zero attached hydrogens (tertiary/aromatic N) is 1. The predicted molar refractivity (Wildman–Crippen MR) is 67.2 cm³/mol. The first kappa shape index (κ1) is 16.0. The van der Waals surface area contributed by atoms with Crippen molar-refractivity contribution in [1.29, 1.82) is 0 Å². The van der Waals surface area contributed by atoms with E-state index in [1.807, 2.05) is 0 Å².